The molecule has 0 spiro atoms. The van der Waals surface area contributed by atoms with Crippen LogP contribution in [-0.2, 0) is 4.74 Å². The highest BCUT2D eigenvalue weighted by Gasteiger charge is 2.21. The van der Waals surface area contributed by atoms with Gasteiger partial charge in [0.1, 0.15) is 6.10 Å². The predicted molar refractivity (Wildman–Crippen MR) is 90.8 cm³/mol. The molecule has 0 amide bonds. The van der Waals surface area contributed by atoms with Gasteiger partial charge in [-0.15, -0.1) is 0 Å². The molecule has 0 saturated carbocycles. The highest BCUT2D eigenvalue weighted by atomic mass is 16.5. The molecular formula is C19H28O4. The van der Waals surface area contributed by atoms with Crippen LogP contribution in [0.5, 0.6) is 0 Å². The molecule has 0 aliphatic heterocycles. The number of hydrogen-bond donors (Lipinski definition) is 1. The Balaban J connectivity index is 2.74. The third kappa shape index (κ3) is 6.85. The van der Waals surface area contributed by atoms with Gasteiger partial charge in [0.2, 0.25) is 0 Å². The summed E-state index contributed by atoms with van der Waals surface area (Å²) >= 11 is 0. The van der Waals surface area contributed by atoms with Crippen LogP contribution in [0.1, 0.15) is 80.0 Å². The zero-order valence-corrected chi connectivity index (χ0v) is 14.4. The van der Waals surface area contributed by atoms with Gasteiger partial charge in [0.05, 0.1) is 11.1 Å². The van der Waals surface area contributed by atoms with Crippen molar-refractivity contribution in [1.29, 1.82) is 0 Å². The smallest absolute Gasteiger partial charge is 0.339 e. The minimum absolute atomic E-state index is 0.00761. The Morgan fingerprint density at radius 3 is 2.30 bits per heavy atom. The van der Waals surface area contributed by atoms with Crippen molar-refractivity contribution >= 4 is 11.9 Å². The quantitative estimate of drug-likeness (QED) is 0.490. The molecule has 0 aromatic heterocycles. The maximum absolute atomic E-state index is 12.4. The van der Waals surface area contributed by atoms with Crippen molar-refractivity contribution in [2.45, 2.75) is 65.4 Å². The summed E-state index contributed by atoms with van der Waals surface area (Å²) in [6.07, 6.45) is 5.99. The lowest BCUT2D eigenvalue weighted by molar-refractivity contribution is 0.0220. The van der Waals surface area contributed by atoms with Crippen LogP contribution in [0.15, 0.2) is 24.3 Å². The molecular weight excluding hydrogens is 292 g/mol. The fourth-order valence-corrected chi connectivity index (χ4v) is 2.61. The molecule has 0 radical (unpaired) electrons. The monoisotopic (exact) mass is 320 g/mol. The number of hydrogen-bond acceptors (Lipinski definition) is 3. The maximum atomic E-state index is 12.4. The number of carboxylic acids is 1. The molecule has 4 nitrogen and oxygen atoms in total. The molecule has 0 fully saturated rings. The van der Waals surface area contributed by atoms with Gasteiger partial charge in [0, 0.05) is 0 Å². The highest BCUT2D eigenvalue weighted by molar-refractivity contribution is 6.02. The molecule has 1 aromatic rings. The molecule has 1 N–H and O–H groups in total. The van der Waals surface area contributed by atoms with E-state index in [0.717, 1.165) is 25.7 Å². The lowest BCUT2D eigenvalue weighted by atomic mass is 10.00. The molecule has 0 aliphatic carbocycles. The molecule has 1 atom stereocenters. The first-order chi connectivity index (χ1) is 11.0. The van der Waals surface area contributed by atoms with Gasteiger partial charge in [-0.2, -0.15) is 0 Å². The molecule has 0 bridgehead atoms. The van der Waals surface area contributed by atoms with Gasteiger partial charge in [-0.25, -0.2) is 9.59 Å². The van der Waals surface area contributed by atoms with Crippen molar-refractivity contribution in [1.82, 2.24) is 0 Å². The van der Waals surface area contributed by atoms with Crippen molar-refractivity contribution in [2.24, 2.45) is 5.92 Å². The van der Waals surface area contributed by atoms with Gasteiger partial charge in [0.25, 0.3) is 0 Å². The van der Waals surface area contributed by atoms with Gasteiger partial charge in [-0.1, -0.05) is 52.2 Å². The molecule has 0 heterocycles. The number of rotatable bonds is 10. The van der Waals surface area contributed by atoms with Gasteiger partial charge in [-0.3, -0.25) is 0 Å². The van der Waals surface area contributed by atoms with E-state index in [4.69, 9.17) is 4.74 Å². The van der Waals surface area contributed by atoms with E-state index >= 15 is 0 Å². The lowest BCUT2D eigenvalue weighted by Crippen LogP contribution is -2.22. The summed E-state index contributed by atoms with van der Waals surface area (Å²) in [5, 5.41) is 9.19. The van der Waals surface area contributed by atoms with Crippen LogP contribution >= 0.6 is 0 Å². The molecule has 1 aromatic carbocycles. The largest absolute Gasteiger partial charge is 0.478 e. The Morgan fingerprint density at radius 2 is 1.74 bits per heavy atom. The van der Waals surface area contributed by atoms with E-state index in [1.807, 2.05) is 0 Å². The Hall–Kier alpha value is -1.84. The van der Waals surface area contributed by atoms with E-state index in [2.05, 4.69) is 20.8 Å². The minimum Gasteiger partial charge on any atom is -0.478 e. The first-order valence-corrected chi connectivity index (χ1v) is 8.49. The van der Waals surface area contributed by atoms with Crippen molar-refractivity contribution in [3.63, 3.8) is 0 Å². The van der Waals surface area contributed by atoms with Crippen LogP contribution < -0.4 is 0 Å². The van der Waals surface area contributed by atoms with E-state index in [9.17, 15) is 14.7 Å². The molecule has 0 saturated heterocycles. The first-order valence-electron chi connectivity index (χ1n) is 8.49. The fourth-order valence-electron chi connectivity index (χ4n) is 2.61. The summed E-state index contributed by atoms with van der Waals surface area (Å²) in [7, 11) is 0. The van der Waals surface area contributed by atoms with Crippen molar-refractivity contribution in [2.75, 3.05) is 0 Å². The third-order valence-corrected chi connectivity index (χ3v) is 3.77. The second-order valence-corrected chi connectivity index (χ2v) is 6.36. The Morgan fingerprint density at radius 1 is 1.09 bits per heavy atom. The standard InChI is InChI=1S/C19H28O4/c1-4-5-6-7-10-15(13-14(2)3)23-19(22)17-12-9-8-11-16(17)18(20)21/h8-9,11-12,14-15H,4-7,10,13H2,1-3H3,(H,20,21). The summed E-state index contributed by atoms with van der Waals surface area (Å²) in [4.78, 5) is 23.6. The second-order valence-electron chi connectivity index (χ2n) is 6.36. The number of carbonyl (C=O) groups excluding carboxylic acids is 1. The average Bonchev–Trinajstić information content (AvgIpc) is 2.50. The van der Waals surface area contributed by atoms with Crippen molar-refractivity contribution in [3.8, 4) is 0 Å². The summed E-state index contributed by atoms with van der Waals surface area (Å²) in [6, 6.07) is 6.20. The number of aromatic carboxylic acids is 1. The Labute approximate surface area is 138 Å². The van der Waals surface area contributed by atoms with Gasteiger partial charge >= 0.3 is 11.9 Å². The van der Waals surface area contributed by atoms with Crippen LogP contribution in [0.2, 0.25) is 0 Å². The summed E-state index contributed by atoms with van der Waals surface area (Å²) in [5.41, 5.74) is 0.120. The Kier molecular flexibility index (Phi) is 8.38. The van der Waals surface area contributed by atoms with Crippen LogP contribution in [0.25, 0.3) is 0 Å². The molecule has 0 aliphatic rings. The van der Waals surface area contributed by atoms with E-state index in [1.165, 1.54) is 25.0 Å². The maximum Gasteiger partial charge on any atom is 0.339 e. The summed E-state index contributed by atoms with van der Waals surface area (Å²) in [6.45, 7) is 6.35. The first kappa shape index (κ1) is 19.2. The van der Waals surface area contributed by atoms with Crippen LogP contribution in [-0.4, -0.2) is 23.1 Å². The van der Waals surface area contributed by atoms with Gasteiger partial charge in [-0.05, 0) is 37.3 Å². The number of unbranched alkanes of at least 4 members (excludes halogenated alkanes) is 3. The Bertz CT molecular complexity index is 508. The summed E-state index contributed by atoms with van der Waals surface area (Å²) < 4.78 is 5.62. The molecule has 4 heteroatoms. The molecule has 23 heavy (non-hydrogen) atoms. The number of ether oxygens (including phenoxy) is 1. The fraction of sp³-hybridized carbons (Fsp3) is 0.579. The molecule has 128 valence electrons. The zero-order valence-electron chi connectivity index (χ0n) is 14.4. The number of esters is 1. The molecule has 1 rings (SSSR count). The topological polar surface area (TPSA) is 63.6 Å². The third-order valence-electron chi connectivity index (χ3n) is 3.77. The second kappa shape index (κ2) is 10.0. The van der Waals surface area contributed by atoms with E-state index < -0.39 is 11.9 Å². The zero-order chi connectivity index (χ0) is 17.2. The van der Waals surface area contributed by atoms with Crippen LogP contribution in [0, 0.1) is 5.92 Å². The van der Waals surface area contributed by atoms with E-state index in [1.54, 1.807) is 12.1 Å². The lowest BCUT2D eigenvalue weighted by Gasteiger charge is -2.20. The van der Waals surface area contributed by atoms with E-state index in [-0.39, 0.29) is 17.2 Å². The van der Waals surface area contributed by atoms with E-state index in [0.29, 0.717) is 5.92 Å². The van der Waals surface area contributed by atoms with Crippen molar-refractivity contribution < 1.29 is 19.4 Å². The number of benzene rings is 1. The summed E-state index contributed by atoms with van der Waals surface area (Å²) in [5.74, 6) is -1.22. The van der Waals surface area contributed by atoms with Gasteiger partial charge in [0.15, 0.2) is 0 Å². The molecule has 1 unspecified atom stereocenters. The average molecular weight is 320 g/mol. The number of carbonyl (C=O) groups is 2. The predicted octanol–water partition coefficient (Wildman–Crippen LogP) is 4.93. The minimum atomic E-state index is -1.11. The van der Waals surface area contributed by atoms with Crippen LogP contribution in [0.4, 0.5) is 0 Å². The SMILES string of the molecule is CCCCCCC(CC(C)C)OC(=O)c1ccccc1C(=O)O. The van der Waals surface area contributed by atoms with Gasteiger partial charge < -0.3 is 9.84 Å². The number of carboxylic acid groups (broad SMARTS) is 1. The van der Waals surface area contributed by atoms with Crippen LogP contribution in [0.3, 0.4) is 0 Å². The van der Waals surface area contributed by atoms with Crippen molar-refractivity contribution in [3.05, 3.63) is 35.4 Å². The normalized spacial score (nSPS) is 12.2. The highest BCUT2D eigenvalue weighted by Crippen LogP contribution is 2.19.